The molecule has 0 spiro atoms. The molecule has 1 aliphatic rings. The monoisotopic (exact) mass is 312 g/mol. The molecule has 0 radical (unpaired) electrons. The van der Waals surface area contributed by atoms with Crippen LogP contribution in [0.4, 0.5) is 0 Å². The molecule has 1 aliphatic carbocycles. The van der Waals surface area contributed by atoms with Gasteiger partial charge in [0.2, 0.25) is 0 Å². The van der Waals surface area contributed by atoms with E-state index in [0.717, 1.165) is 22.2 Å². The van der Waals surface area contributed by atoms with E-state index in [1.165, 1.54) is 12.8 Å². The maximum Gasteiger partial charge on any atom is 0.147 e. The Kier molecular flexibility index (Phi) is 3.75. The summed E-state index contributed by atoms with van der Waals surface area (Å²) in [5.41, 5.74) is 2.57. The van der Waals surface area contributed by atoms with E-state index >= 15 is 0 Å². The van der Waals surface area contributed by atoms with Gasteiger partial charge in [0.15, 0.2) is 0 Å². The second-order valence-electron chi connectivity index (χ2n) is 4.94. The third-order valence-electron chi connectivity index (χ3n) is 2.90. The summed E-state index contributed by atoms with van der Waals surface area (Å²) in [7, 11) is 0. The summed E-state index contributed by atoms with van der Waals surface area (Å²) >= 11 is 9.71. The van der Waals surface area contributed by atoms with Gasteiger partial charge in [0.05, 0.1) is 11.3 Å². The lowest BCUT2D eigenvalue weighted by Gasteiger charge is -2.13. The standard InChI is InChI=1S/C13H14BrClN2/c1-7(2)5-9-10(6-16)13(15)17-12(11(9)14)8-3-4-8/h7-8H,3-5H2,1-2H3. The van der Waals surface area contributed by atoms with Crippen molar-refractivity contribution in [3.8, 4) is 6.07 Å². The molecule has 90 valence electrons. The summed E-state index contributed by atoms with van der Waals surface area (Å²) in [6.45, 7) is 4.28. The van der Waals surface area contributed by atoms with E-state index in [4.69, 9.17) is 11.6 Å². The van der Waals surface area contributed by atoms with Crippen molar-refractivity contribution in [2.45, 2.75) is 39.0 Å². The molecular weight excluding hydrogens is 300 g/mol. The lowest BCUT2D eigenvalue weighted by molar-refractivity contribution is 0.642. The van der Waals surface area contributed by atoms with Gasteiger partial charge in [-0.3, -0.25) is 0 Å². The second-order valence-corrected chi connectivity index (χ2v) is 6.09. The average molecular weight is 314 g/mol. The Hall–Kier alpha value is -0.590. The number of hydrogen-bond acceptors (Lipinski definition) is 2. The fourth-order valence-corrected chi connectivity index (χ4v) is 2.96. The highest BCUT2D eigenvalue weighted by molar-refractivity contribution is 9.10. The molecule has 0 unspecified atom stereocenters. The third-order valence-corrected chi connectivity index (χ3v) is 4.06. The maximum atomic E-state index is 9.19. The first-order valence-electron chi connectivity index (χ1n) is 5.82. The molecule has 17 heavy (non-hydrogen) atoms. The first-order chi connectivity index (χ1) is 8.04. The van der Waals surface area contributed by atoms with Gasteiger partial charge in [-0.15, -0.1) is 0 Å². The van der Waals surface area contributed by atoms with Crippen molar-refractivity contribution >= 4 is 27.5 Å². The lowest BCUT2D eigenvalue weighted by Crippen LogP contribution is -2.04. The van der Waals surface area contributed by atoms with E-state index in [2.05, 4.69) is 40.8 Å². The molecule has 2 nitrogen and oxygen atoms in total. The zero-order chi connectivity index (χ0) is 12.6. The molecule has 0 aliphatic heterocycles. The Morgan fingerprint density at radius 3 is 2.65 bits per heavy atom. The van der Waals surface area contributed by atoms with Crippen LogP contribution >= 0.6 is 27.5 Å². The fraction of sp³-hybridized carbons (Fsp3) is 0.538. The van der Waals surface area contributed by atoms with Crippen LogP contribution in [0.5, 0.6) is 0 Å². The van der Waals surface area contributed by atoms with Crippen LogP contribution in [0.15, 0.2) is 4.47 Å². The quantitative estimate of drug-likeness (QED) is 0.773. The van der Waals surface area contributed by atoms with Crippen molar-refractivity contribution < 1.29 is 0 Å². The number of hydrogen-bond donors (Lipinski definition) is 0. The normalized spacial score (nSPS) is 15.1. The predicted octanol–water partition coefficient (Wildman–Crippen LogP) is 4.45. The summed E-state index contributed by atoms with van der Waals surface area (Å²) in [6.07, 6.45) is 3.20. The van der Waals surface area contributed by atoms with Gasteiger partial charge in [-0.05, 0) is 46.7 Å². The van der Waals surface area contributed by atoms with Crippen LogP contribution in [0.1, 0.15) is 49.4 Å². The fourth-order valence-electron chi connectivity index (χ4n) is 1.94. The third kappa shape index (κ3) is 2.64. The summed E-state index contributed by atoms with van der Waals surface area (Å²) < 4.78 is 0.995. The van der Waals surface area contributed by atoms with E-state index < -0.39 is 0 Å². The summed E-state index contributed by atoms with van der Waals surface area (Å²) in [6, 6.07) is 2.17. The highest BCUT2D eigenvalue weighted by atomic mass is 79.9. The van der Waals surface area contributed by atoms with Crippen molar-refractivity contribution in [1.82, 2.24) is 4.98 Å². The second kappa shape index (κ2) is 4.96. The Labute approximate surface area is 115 Å². The molecule has 1 saturated carbocycles. The smallest absolute Gasteiger partial charge is 0.147 e. The molecule has 0 bridgehead atoms. The SMILES string of the molecule is CC(C)Cc1c(Br)c(C2CC2)nc(Cl)c1C#N. The minimum atomic E-state index is 0.355. The van der Waals surface area contributed by atoms with Crippen molar-refractivity contribution in [3.05, 3.63) is 26.4 Å². The summed E-state index contributed by atoms with van der Waals surface area (Å²) in [5, 5.41) is 9.54. The number of halogens is 2. The number of rotatable bonds is 3. The number of nitriles is 1. The molecule has 1 fully saturated rings. The zero-order valence-corrected chi connectivity index (χ0v) is 12.3. The van der Waals surface area contributed by atoms with Crippen molar-refractivity contribution in [3.63, 3.8) is 0 Å². The average Bonchev–Trinajstić information content (AvgIpc) is 3.06. The van der Waals surface area contributed by atoms with E-state index in [0.29, 0.717) is 22.6 Å². The largest absolute Gasteiger partial charge is 0.238 e. The molecule has 0 amide bonds. The molecule has 2 rings (SSSR count). The molecular formula is C13H14BrClN2. The lowest BCUT2D eigenvalue weighted by atomic mass is 9.98. The molecule has 1 aromatic heterocycles. The topological polar surface area (TPSA) is 36.7 Å². The van der Waals surface area contributed by atoms with Gasteiger partial charge in [-0.2, -0.15) is 5.26 Å². The molecule has 0 aromatic carbocycles. The van der Waals surface area contributed by atoms with Crippen molar-refractivity contribution in [2.75, 3.05) is 0 Å². The van der Waals surface area contributed by atoms with Crippen LogP contribution in [0.25, 0.3) is 0 Å². The van der Waals surface area contributed by atoms with Gasteiger partial charge >= 0.3 is 0 Å². The highest BCUT2D eigenvalue weighted by Crippen LogP contribution is 2.44. The molecule has 0 saturated heterocycles. The maximum absolute atomic E-state index is 9.19. The van der Waals surface area contributed by atoms with Gasteiger partial charge in [0, 0.05) is 10.4 Å². The van der Waals surface area contributed by atoms with Crippen LogP contribution in [0, 0.1) is 17.2 Å². The predicted molar refractivity (Wildman–Crippen MR) is 72.2 cm³/mol. The van der Waals surface area contributed by atoms with E-state index in [9.17, 15) is 5.26 Å². The Balaban J connectivity index is 2.55. The van der Waals surface area contributed by atoms with Crippen LogP contribution in [-0.2, 0) is 6.42 Å². The van der Waals surface area contributed by atoms with Gasteiger partial charge in [0.1, 0.15) is 11.2 Å². The molecule has 1 heterocycles. The first-order valence-corrected chi connectivity index (χ1v) is 6.99. The van der Waals surface area contributed by atoms with Crippen LogP contribution in [-0.4, -0.2) is 4.98 Å². The van der Waals surface area contributed by atoms with Crippen LogP contribution in [0.3, 0.4) is 0 Å². The highest BCUT2D eigenvalue weighted by Gasteiger charge is 2.30. The summed E-state index contributed by atoms with van der Waals surface area (Å²) in [5.74, 6) is 1.02. The Bertz CT molecular complexity index is 487. The Morgan fingerprint density at radius 1 is 1.53 bits per heavy atom. The Morgan fingerprint density at radius 2 is 2.18 bits per heavy atom. The van der Waals surface area contributed by atoms with E-state index in [-0.39, 0.29) is 0 Å². The summed E-state index contributed by atoms with van der Waals surface area (Å²) in [4.78, 5) is 4.37. The molecule has 4 heteroatoms. The first kappa shape index (κ1) is 12.9. The number of pyridine rings is 1. The van der Waals surface area contributed by atoms with Crippen molar-refractivity contribution in [1.29, 1.82) is 5.26 Å². The van der Waals surface area contributed by atoms with Gasteiger partial charge in [-0.1, -0.05) is 25.4 Å². The zero-order valence-electron chi connectivity index (χ0n) is 9.93. The minimum absolute atomic E-state index is 0.355. The minimum Gasteiger partial charge on any atom is -0.238 e. The van der Waals surface area contributed by atoms with Crippen LogP contribution < -0.4 is 0 Å². The van der Waals surface area contributed by atoms with E-state index in [1.54, 1.807) is 0 Å². The van der Waals surface area contributed by atoms with Gasteiger partial charge in [-0.25, -0.2) is 4.98 Å². The van der Waals surface area contributed by atoms with Gasteiger partial charge in [0.25, 0.3) is 0 Å². The van der Waals surface area contributed by atoms with E-state index in [1.807, 2.05) is 0 Å². The van der Waals surface area contributed by atoms with Gasteiger partial charge < -0.3 is 0 Å². The number of aromatic nitrogens is 1. The molecule has 0 atom stereocenters. The molecule has 0 N–H and O–H groups in total. The van der Waals surface area contributed by atoms with Crippen molar-refractivity contribution in [2.24, 2.45) is 5.92 Å². The van der Waals surface area contributed by atoms with Crippen LogP contribution in [0.2, 0.25) is 5.15 Å². The molecule has 1 aromatic rings. The number of nitrogens with zero attached hydrogens (tertiary/aromatic N) is 2.